The highest BCUT2D eigenvalue weighted by atomic mass is 19.1. The number of hydrogen-bond acceptors (Lipinski definition) is 4. The molecule has 1 N–H and O–H groups in total. The van der Waals surface area contributed by atoms with Crippen molar-refractivity contribution in [2.45, 2.75) is 32.7 Å². The van der Waals surface area contributed by atoms with Gasteiger partial charge < -0.3 is 5.32 Å². The molecular formula is C23H23FN4O3. The number of carbonyl (C=O) groups excluding carboxylic acids is 1. The lowest BCUT2D eigenvalue weighted by Gasteiger charge is -2.18. The van der Waals surface area contributed by atoms with Crippen LogP contribution in [-0.4, -0.2) is 26.8 Å². The minimum Gasteiger partial charge on any atom is -0.350 e. The Labute approximate surface area is 178 Å². The predicted octanol–water partition coefficient (Wildman–Crippen LogP) is 2.59. The smallest absolute Gasteiger partial charge is 0.350 e. The Hall–Kier alpha value is -3.55. The Morgan fingerprint density at radius 1 is 1.19 bits per heavy atom. The molecule has 0 spiro atoms. The number of aromatic nitrogens is 3. The number of carbonyl (C=O) groups is 1. The molecule has 1 amide bonds. The van der Waals surface area contributed by atoms with E-state index in [1.807, 2.05) is 6.07 Å². The predicted molar refractivity (Wildman–Crippen MR) is 114 cm³/mol. The van der Waals surface area contributed by atoms with Crippen LogP contribution in [0.2, 0.25) is 0 Å². The van der Waals surface area contributed by atoms with Gasteiger partial charge in [0, 0.05) is 12.6 Å². The molecule has 1 heterocycles. The second-order valence-corrected chi connectivity index (χ2v) is 7.89. The lowest BCUT2D eigenvalue weighted by Crippen LogP contribution is -2.47. The van der Waals surface area contributed by atoms with Gasteiger partial charge in [-0.2, -0.15) is 9.78 Å². The summed E-state index contributed by atoms with van der Waals surface area (Å²) in [5.41, 5.74) is -0.659. The van der Waals surface area contributed by atoms with Crippen molar-refractivity contribution >= 4 is 5.91 Å². The highest BCUT2D eigenvalue weighted by Crippen LogP contribution is 2.27. The van der Waals surface area contributed by atoms with Gasteiger partial charge in [0.25, 0.3) is 11.5 Å². The number of benzene rings is 2. The van der Waals surface area contributed by atoms with Crippen LogP contribution >= 0.6 is 0 Å². The van der Waals surface area contributed by atoms with Crippen molar-refractivity contribution in [3.8, 4) is 5.69 Å². The summed E-state index contributed by atoms with van der Waals surface area (Å²) in [5, 5.41) is 6.76. The van der Waals surface area contributed by atoms with Gasteiger partial charge in [-0.25, -0.2) is 13.8 Å². The molecule has 7 nitrogen and oxygen atoms in total. The van der Waals surface area contributed by atoms with Crippen LogP contribution in [0.3, 0.4) is 0 Å². The van der Waals surface area contributed by atoms with E-state index in [-0.39, 0.29) is 5.69 Å². The zero-order valence-electron chi connectivity index (χ0n) is 17.3. The lowest BCUT2D eigenvalue weighted by molar-refractivity contribution is 0.0941. The molecule has 0 unspecified atom stereocenters. The molecule has 4 rings (SSSR count). The molecule has 3 aromatic rings. The zero-order valence-corrected chi connectivity index (χ0v) is 17.3. The molecule has 8 heteroatoms. The van der Waals surface area contributed by atoms with Gasteiger partial charge in [0.05, 0.1) is 11.7 Å². The van der Waals surface area contributed by atoms with Crippen molar-refractivity contribution in [3.05, 3.63) is 92.0 Å². The summed E-state index contributed by atoms with van der Waals surface area (Å²) in [7, 11) is 0. The van der Waals surface area contributed by atoms with Crippen molar-refractivity contribution in [1.29, 1.82) is 0 Å². The maximum atomic E-state index is 14.2. The fraction of sp³-hybridized carbons (Fsp3) is 0.304. The Morgan fingerprint density at radius 3 is 2.55 bits per heavy atom. The first-order valence-corrected chi connectivity index (χ1v) is 10.2. The second kappa shape index (κ2) is 8.29. The average Bonchev–Trinajstić information content (AvgIpc) is 3.59. The minimum atomic E-state index is -0.779. The second-order valence-electron chi connectivity index (χ2n) is 7.89. The quantitative estimate of drug-likeness (QED) is 0.662. The summed E-state index contributed by atoms with van der Waals surface area (Å²) in [5.74, 6) is -0.751. The first kappa shape index (κ1) is 20.7. The summed E-state index contributed by atoms with van der Waals surface area (Å²) in [4.78, 5) is 39.2. The molecule has 2 aromatic carbocycles. The molecule has 0 saturated heterocycles. The van der Waals surface area contributed by atoms with Gasteiger partial charge in [-0.15, -0.1) is 0 Å². The third-order valence-electron chi connectivity index (χ3n) is 5.54. The fourth-order valence-electron chi connectivity index (χ4n) is 3.38. The van der Waals surface area contributed by atoms with Crippen LogP contribution in [0, 0.1) is 18.7 Å². The summed E-state index contributed by atoms with van der Waals surface area (Å²) >= 11 is 0. The molecule has 31 heavy (non-hydrogen) atoms. The van der Waals surface area contributed by atoms with E-state index in [0.29, 0.717) is 18.0 Å². The lowest BCUT2D eigenvalue weighted by atomic mass is 10.1. The van der Waals surface area contributed by atoms with E-state index in [9.17, 15) is 18.8 Å². The van der Waals surface area contributed by atoms with Gasteiger partial charge in [0.15, 0.2) is 0 Å². The van der Waals surface area contributed by atoms with Gasteiger partial charge in [-0.3, -0.25) is 9.59 Å². The number of rotatable bonds is 6. The summed E-state index contributed by atoms with van der Waals surface area (Å²) < 4.78 is 16.1. The number of hydrogen-bond donors (Lipinski definition) is 1. The highest BCUT2D eigenvalue weighted by molar-refractivity contribution is 5.91. The maximum Gasteiger partial charge on any atom is 0.352 e. The first-order valence-electron chi connectivity index (χ1n) is 10.2. The molecule has 1 fully saturated rings. The molecule has 1 aliphatic rings. The number of nitrogens with one attached hydrogen (secondary N) is 1. The Balaban J connectivity index is 1.88. The number of aryl methyl sites for hydroxylation is 1. The normalized spacial score (nSPS) is 14.3. The van der Waals surface area contributed by atoms with Gasteiger partial charge in [-0.1, -0.05) is 36.4 Å². The van der Waals surface area contributed by atoms with Crippen LogP contribution in [-0.2, 0) is 0 Å². The third-order valence-corrected chi connectivity index (χ3v) is 5.54. The molecule has 1 aliphatic carbocycles. The topological polar surface area (TPSA) is 86.0 Å². The van der Waals surface area contributed by atoms with E-state index in [4.69, 9.17) is 0 Å². The first-order chi connectivity index (χ1) is 14.9. The molecule has 1 aromatic heterocycles. The van der Waals surface area contributed by atoms with Gasteiger partial charge >= 0.3 is 5.69 Å². The highest BCUT2D eigenvalue weighted by Gasteiger charge is 2.26. The van der Waals surface area contributed by atoms with Crippen molar-refractivity contribution in [3.63, 3.8) is 0 Å². The van der Waals surface area contributed by atoms with Crippen LogP contribution in [0.1, 0.15) is 47.4 Å². The molecule has 1 atom stereocenters. The maximum absolute atomic E-state index is 14.2. The Morgan fingerprint density at radius 2 is 1.90 bits per heavy atom. The zero-order chi connectivity index (χ0) is 22.1. The third kappa shape index (κ3) is 4.19. The molecule has 0 aliphatic heterocycles. The van der Waals surface area contributed by atoms with Gasteiger partial charge in [-0.05, 0) is 49.8 Å². The fourth-order valence-corrected chi connectivity index (χ4v) is 3.38. The minimum absolute atomic E-state index is 0.137. The van der Waals surface area contributed by atoms with E-state index in [1.165, 1.54) is 12.1 Å². The largest absolute Gasteiger partial charge is 0.352 e. The van der Waals surface area contributed by atoms with Crippen LogP contribution in [0.25, 0.3) is 5.69 Å². The number of halogens is 1. The van der Waals surface area contributed by atoms with E-state index < -0.39 is 34.7 Å². The number of amides is 1. The summed E-state index contributed by atoms with van der Waals surface area (Å²) in [6.07, 6.45) is 2.07. The van der Waals surface area contributed by atoms with Crippen LogP contribution < -0.4 is 16.6 Å². The molecule has 160 valence electrons. The van der Waals surface area contributed by atoms with Crippen molar-refractivity contribution in [1.82, 2.24) is 19.7 Å². The van der Waals surface area contributed by atoms with Crippen molar-refractivity contribution in [2.75, 3.05) is 6.54 Å². The van der Waals surface area contributed by atoms with E-state index in [1.54, 1.807) is 38.1 Å². The van der Waals surface area contributed by atoms with Gasteiger partial charge in [0.1, 0.15) is 5.82 Å². The van der Waals surface area contributed by atoms with Crippen molar-refractivity contribution in [2.24, 2.45) is 5.92 Å². The molecular weight excluding hydrogens is 399 g/mol. The molecule has 0 radical (unpaired) electrons. The monoisotopic (exact) mass is 422 g/mol. The van der Waals surface area contributed by atoms with Gasteiger partial charge in [0.2, 0.25) is 5.69 Å². The van der Waals surface area contributed by atoms with E-state index in [2.05, 4.69) is 10.4 Å². The van der Waals surface area contributed by atoms with E-state index in [0.717, 1.165) is 33.7 Å². The average molecular weight is 422 g/mol. The van der Waals surface area contributed by atoms with Crippen LogP contribution in [0.5, 0.6) is 0 Å². The standard InChI is InChI=1S/C23H23FN4O3/c1-14-8-11-18(12-19(14)24)28-23(31)27(15(2)17-6-4-3-5-7-17)22(30)20(26-28)21(29)25-13-16-9-10-16/h3-8,11-12,15-16H,9-10,13H2,1-2H3,(H,25,29)/t15-/m1/s1. The Kier molecular flexibility index (Phi) is 5.54. The molecule has 1 saturated carbocycles. The summed E-state index contributed by atoms with van der Waals surface area (Å²) in [6.45, 7) is 3.75. The number of nitrogens with zero attached hydrogens (tertiary/aromatic N) is 3. The van der Waals surface area contributed by atoms with Crippen molar-refractivity contribution < 1.29 is 9.18 Å². The summed E-state index contributed by atoms with van der Waals surface area (Å²) in [6, 6.07) is 12.6. The van der Waals surface area contributed by atoms with Crippen LogP contribution in [0.4, 0.5) is 4.39 Å². The van der Waals surface area contributed by atoms with E-state index >= 15 is 0 Å². The Bertz CT molecular complexity index is 1250. The van der Waals surface area contributed by atoms with Crippen LogP contribution in [0.15, 0.2) is 58.1 Å². The molecule has 0 bridgehead atoms. The SMILES string of the molecule is Cc1ccc(-n2nc(C(=O)NCC3CC3)c(=O)n([C@H](C)c3ccccc3)c2=O)cc1F.